The van der Waals surface area contributed by atoms with Crippen molar-refractivity contribution in [3.63, 3.8) is 0 Å². The summed E-state index contributed by atoms with van der Waals surface area (Å²) in [6.45, 7) is 1.59. The third kappa shape index (κ3) is 2.47. The number of benzene rings is 1. The van der Waals surface area contributed by atoms with Crippen LogP contribution in [-0.2, 0) is 4.79 Å². The highest BCUT2D eigenvalue weighted by atomic mass is 35.5. The van der Waals surface area contributed by atoms with E-state index < -0.39 is 23.8 Å². The molecule has 0 aliphatic carbocycles. The van der Waals surface area contributed by atoms with Gasteiger partial charge in [-0.1, -0.05) is 18.5 Å². The van der Waals surface area contributed by atoms with Gasteiger partial charge in [-0.05, 0) is 30.2 Å². The van der Waals surface area contributed by atoms with Gasteiger partial charge in [0.15, 0.2) is 0 Å². The molecule has 2 rings (SSSR count). The Hall–Kier alpha value is -1.69. The number of rotatable bonds is 2. The van der Waals surface area contributed by atoms with Gasteiger partial charge in [-0.25, -0.2) is 4.79 Å². The summed E-state index contributed by atoms with van der Waals surface area (Å²) >= 11 is 5.80. The molecule has 1 N–H and O–H groups in total. The number of allylic oxidation sites excluding steroid dienone is 1. The molecule has 1 aromatic carbocycles. The third-order valence-corrected chi connectivity index (χ3v) is 3.22. The Kier molecular flexibility index (Phi) is 3.69. The Balaban J connectivity index is 2.71. The van der Waals surface area contributed by atoms with Crippen molar-refractivity contribution in [2.24, 2.45) is 0 Å². The highest BCUT2D eigenvalue weighted by Gasteiger charge is 2.50. The van der Waals surface area contributed by atoms with Gasteiger partial charge in [0.05, 0.1) is 5.57 Å². The van der Waals surface area contributed by atoms with Crippen LogP contribution in [0.1, 0.15) is 18.9 Å². The number of carboxylic acids is 1. The van der Waals surface area contributed by atoms with Crippen molar-refractivity contribution in [3.8, 4) is 5.75 Å². The number of halogens is 4. The molecule has 0 fully saturated rings. The summed E-state index contributed by atoms with van der Waals surface area (Å²) in [4.78, 5) is 11.2. The Morgan fingerprint density at radius 1 is 1.45 bits per heavy atom. The van der Waals surface area contributed by atoms with Crippen molar-refractivity contribution in [2.75, 3.05) is 0 Å². The van der Waals surface area contributed by atoms with Crippen LogP contribution in [0.3, 0.4) is 0 Å². The van der Waals surface area contributed by atoms with Gasteiger partial charge < -0.3 is 9.84 Å². The first-order valence-corrected chi connectivity index (χ1v) is 6.13. The molecular weight excluding hydrogens is 297 g/mol. The maximum atomic E-state index is 13.0. The van der Waals surface area contributed by atoms with Gasteiger partial charge in [0.1, 0.15) is 5.75 Å². The molecule has 0 bridgehead atoms. The summed E-state index contributed by atoms with van der Waals surface area (Å²) in [5.74, 6) is -1.66. The minimum absolute atomic E-state index is 0.0152. The molecule has 1 atom stereocenters. The Morgan fingerprint density at radius 3 is 2.60 bits per heavy atom. The topological polar surface area (TPSA) is 46.5 Å². The fourth-order valence-electron chi connectivity index (χ4n) is 2.18. The Bertz CT molecular complexity index is 593. The molecule has 0 saturated heterocycles. The zero-order chi connectivity index (χ0) is 15.1. The quantitative estimate of drug-likeness (QED) is 0.901. The zero-order valence-corrected chi connectivity index (χ0v) is 11.0. The van der Waals surface area contributed by atoms with E-state index in [1.165, 1.54) is 18.2 Å². The average molecular weight is 307 g/mol. The van der Waals surface area contributed by atoms with E-state index in [9.17, 15) is 18.0 Å². The molecule has 0 aromatic heterocycles. The molecular formula is C13H10ClF3O3. The highest BCUT2D eigenvalue weighted by molar-refractivity contribution is 6.30. The fourth-order valence-corrected chi connectivity index (χ4v) is 2.35. The maximum Gasteiger partial charge on any atom is 0.430 e. The molecule has 1 heterocycles. The lowest BCUT2D eigenvalue weighted by atomic mass is 9.91. The first kappa shape index (κ1) is 14.7. The van der Waals surface area contributed by atoms with Crippen LogP contribution in [0, 0.1) is 0 Å². The molecule has 3 nitrogen and oxygen atoms in total. The number of fused-ring (bicyclic) bond motifs is 1. The third-order valence-electron chi connectivity index (χ3n) is 2.98. The van der Waals surface area contributed by atoms with E-state index in [0.29, 0.717) is 5.02 Å². The summed E-state index contributed by atoms with van der Waals surface area (Å²) in [5, 5.41) is 9.40. The van der Waals surface area contributed by atoms with Crippen molar-refractivity contribution in [1.82, 2.24) is 0 Å². The Morgan fingerprint density at radius 2 is 2.10 bits per heavy atom. The van der Waals surface area contributed by atoms with E-state index in [1.54, 1.807) is 6.92 Å². The second-order valence-corrected chi connectivity index (χ2v) is 4.67. The van der Waals surface area contributed by atoms with Crippen LogP contribution in [0.25, 0.3) is 5.57 Å². The van der Waals surface area contributed by atoms with E-state index in [4.69, 9.17) is 21.4 Å². The van der Waals surface area contributed by atoms with E-state index in [0.717, 1.165) is 0 Å². The van der Waals surface area contributed by atoms with Crippen LogP contribution in [0.5, 0.6) is 5.75 Å². The molecule has 1 aliphatic heterocycles. The van der Waals surface area contributed by atoms with Crippen LogP contribution in [0.2, 0.25) is 5.02 Å². The number of alkyl halides is 3. The smallest absolute Gasteiger partial charge is 0.430 e. The van der Waals surface area contributed by atoms with Crippen molar-refractivity contribution >= 4 is 23.1 Å². The SMILES string of the molecule is CCC1=C(C(=O)O)C(C(F)(F)F)Oc2ccc(Cl)cc21. The molecule has 0 radical (unpaired) electrons. The van der Waals surface area contributed by atoms with Crippen LogP contribution in [0.4, 0.5) is 13.2 Å². The second kappa shape index (κ2) is 5.01. The van der Waals surface area contributed by atoms with Crippen LogP contribution < -0.4 is 4.74 Å². The van der Waals surface area contributed by atoms with Crippen LogP contribution >= 0.6 is 11.6 Å². The summed E-state index contributed by atoms with van der Waals surface area (Å²) in [6.07, 6.45) is -7.14. The lowest BCUT2D eigenvalue weighted by Gasteiger charge is -2.30. The summed E-state index contributed by atoms with van der Waals surface area (Å²) in [7, 11) is 0. The molecule has 1 aromatic rings. The van der Waals surface area contributed by atoms with Crippen molar-refractivity contribution in [2.45, 2.75) is 25.6 Å². The molecule has 0 amide bonds. The summed E-state index contributed by atoms with van der Waals surface area (Å²) < 4.78 is 43.8. The minimum Gasteiger partial charge on any atom is -0.478 e. The molecule has 0 saturated carbocycles. The number of hydrogen-bond acceptors (Lipinski definition) is 2. The van der Waals surface area contributed by atoms with Gasteiger partial charge in [0.2, 0.25) is 6.10 Å². The standard InChI is InChI=1S/C13H10ClF3O3/c1-2-7-8-5-6(14)3-4-9(8)20-11(13(15,16)17)10(7)12(18)19/h3-5,11H,2H2,1H3,(H,18,19). The molecule has 7 heteroatoms. The van der Waals surface area contributed by atoms with Gasteiger partial charge in [-0.2, -0.15) is 13.2 Å². The Labute approximate surface area is 117 Å². The highest BCUT2D eigenvalue weighted by Crippen LogP contribution is 2.43. The molecule has 1 unspecified atom stereocenters. The number of aliphatic carboxylic acids is 1. The van der Waals surface area contributed by atoms with E-state index in [1.807, 2.05) is 0 Å². The number of carbonyl (C=O) groups is 1. The van der Waals surface area contributed by atoms with E-state index in [2.05, 4.69) is 0 Å². The number of ether oxygens (including phenoxy) is 1. The first-order valence-electron chi connectivity index (χ1n) is 5.75. The van der Waals surface area contributed by atoms with Crippen molar-refractivity contribution < 1.29 is 27.8 Å². The minimum atomic E-state index is -4.80. The fraction of sp³-hybridized carbons (Fsp3) is 0.308. The van der Waals surface area contributed by atoms with E-state index in [-0.39, 0.29) is 23.3 Å². The van der Waals surface area contributed by atoms with Gasteiger partial charge in [0.25, 0.3) is 0 Å². The lowest BCUT2D eigenvalue weighted by molar-refractivity contribution is -0.187. The predicted molar refractivity (Wildman–Crippen MR) is 66.8 cm³/mol. The van der Waals surface area contributed by atoms with E-state index >= 15 is 0 Å². The largest absolute Gasteiger partial charge is 0.478 e. The monoisotopic (exact) mass is 306 g/mol. The zero-order valence-electron chi connectivity index (χ0n) is 10.3. The molecule has 20 heavy (non-hydrogen) atoms. The van der Waals surface area contributed by atoms with Gasteiger partial charge in [-0.3, -0.25) is 0 Å². The summed E-state index contributed by atoms with van der Waals surface area (Å²) in [5.41, 5.74) is -0.406. The molecule has 108 valence electrons. The van der Waals surface area contributed by atoms with Gasteiger partial charge in [0, 0.05) is 10.6 Å². The van der Waals surface area contributed by atoms with Crippen LogP contribution in [0.15, 0.2) is 23.8 Å². The molecule has 1 aliphatic rings. The predicted octanol–water partition coefficient (Wildman–Crippen LogP) is 3.91. The normalized spacial score (nSPS) is 18.6. The maximum absolute atomic E-state index is 13.0. The van der Waals surface area contributed by atoms with Crippen molar-refractivity contribution in [1.29, 1.82) is 0 Å². The lowest BCUT2D eigenvalue weighted by Crippen LogP contribution is -2.41. The summed E-state index contributed by atoms with van der Waals surface area (Å²) in [6, 6.07) is 4.11. The first-order chi connectivity index (χ1) is 9.25. The molecule has 0 spiro atoms. The average Bonchev–Trinajstić information content (AvgIpc) is 2.35. The number of hydrogen-bond donors (Lipinski definition) is 1. The number of carboxylic acid groups (broad SMARTS) is 1. The van der Waals surface area contributed by atoms with Crippen LogP contribution in [-0.4, -0.2) is 23.4 Å². The van der Waals surface area contributed by atoms with Gasteiger partial charge in [-0.15, -0.1) is 0 Å². The van der Waals surface area contributed by atoms with Crippen molar-refractivity contribution in [3.05, 3.63) is 34.4 Å². The van der Waals surface area contributed by atoms with Gasteiger partial charge >= 0.3 is 12.1 Å². The second-order valence-electron chi connectivity index (χ2n) is 4.23.